The zero-order valence-electron chi connectivity index (χ0n) is 16.8. The van der Waals surface area contributed by atoms with E-state index in [0.717, 1.165) is 41.9 Å². The predicted molar refractivity (Wildman–Crippen MR) is 114 cm³/mol. The first-order valence-electron chi connectivity index (χ1n) is 10.4. The third-order valence-electron chi connectivity index (χ3n) is 5.53. The van der Waals surface area contributed by atoms with E-state index in [4.69, 9.17) is 0 Å². The highest BCUT2D eigenvalue weighted by Crippen LogP contribution is 2.41. The van der Waals surface area contributed by atoms with Crippen LogP contribution in [0.3, 0.4) is 0 Å². The SMILES string of the molecule is CCc1cccc(C)c1NC(=O)CSc1nnc(N2CCCCC2)n1C1CC1. The summed E-state index contributed by atoms with van der Waals surface area (Å²) in [4.78, 5) is 15.0. The maximum absolute atomic E-state index is 12.6. The lowest BCUT2D eigenvalue weighted by Crippen LogP contribution is -2.32. The first kappa shape index (κ1) is 19.3. The minimum atomic E-state index is 0.0128. The molecule has 2 heterocycles. The number of para-hydroxylation sites is 1. The van der Waals surface area contributed by atoms with Gasteiger partial charge in [-0.1, -0.05) is 36.9 Å². The van der Waals surface area contributed by atoms with E-state index in [1.54, 1.807) is 0 Å². The maximum Gasteiger partial charge on any atom is 0.234 e. The van der Waals surface area contributed by atoms with Crippen molar-refractivity contribution in [3.8, 4) is 0 Å². The Hall–Kier alpha value is -2.02. The van der Waals surface area contributed by atoms with E-state index >= 15 is 0 Å². The van der Waals surface area contributed by atoms with Crippen LogP contribution in [-0.2, 0) is 11.2 Å². The summed E-state index contributed by atoms with van der Waals surface area (Å²) in [5.41, 5.74) is 3.23. The molecule has 1 aliphatic heterocycles. The van der Waals surface area contributed by atoms with Crippen LogP contribution < -0.4 is 10.2 Å². The molecule has 1 aromatic heterocycles. The Morgan fingerprint density at radius 1 is 1.21 bits per heavy atom. The minimum absolute atomic E-state index is 0.0128. The van der Waals surface area contributed by atoms with Crippen LogP contribution in [0.4, 0.5) is 11.6 Å². The van der Waals surface area contributed by atoms with Crippen LogP contribution in [0.2, 0.25) is 0 Å². The normalized spacial score (nSPS) is 17.0. The molecule has 1 aromatic carbocycles. The summed E-state index contributed by atoms with van der Waals surface area (Å²) in [7, 11) is 0. The van der Waals surface area contributed by atoms with Gasteiger partial charge in [-0.2, -0.15) is 0 Å². The smallest absolute Gasteiger partial charge is 0.234 e. The van der Waals surface area contributed by atoms with Crippen LogP contribution in [-0.4, -0.2) is 39.5 Å². The van der Waals surface area contributed by atoms with E-state index in [1.165, 1.54) is 49.4 Å². The number of carbonyl (C=O) groups is 1. The van der Waals surface area contributed by atoms with Gasteiger partial charge < -0.3 is 10.2 Å². The summed E-state index contributed by atoms with van der Waals surface area (Å²) in [5, 5.41) is 12.9. The fraction of sp³-hybridized carbons (Fsp3) is 0.571. The van der Waals surface area contributed by atoms with Crippen molar-refractivity contribution in [2.45, 2.75) is 63.6 Å². The first-order chi connectivity index (χ1) is 13.7. The van der Waals surface area contributed by atoms with Gasteiger partial charge in [-0.25, -0.2) is 0 Å². The number of thioether (sulfide) groups is 1. The quantitative estimate of drug-likeness (QED) is 0.707. The molecule has 0 bridgehead atoms. The monoisotopic (exact) mass is 399 g/mol. The lowest BCUT2D eigenvalue weighted by atomic mass is 10.1. The predicted octanol–water partition coefficient (Wildman–Crippen LogP) is 4.20. The zero-order valence-corrected chi connectivity index (χ0v) is 17.6. The number of benzene rings is 1. The molecule has 1 N–H and O–H groups in total. The number of amides is 1. The van der Waals surface area contributed by atoms with E-state index in [-0.39, 0.29) is 5.91 Å². The van der Waals surface area contributed by atoms with Crippen LogP contribution in [0.25, 0.3) is 0 Å². The fourth-order valence-corrected chi connectivity index (χ4v) is 4.64. The van der Waals surface area contributed by atoms with Crippen molar-refractivity contribution >= 4 is 29.3 Å². The molecule has 4 rings (SSSR count). The van der Waals surface area contributed by atoms with Crippen molar-refractivity contribution in [2.24, 2.45) is 0 Å². The largest absolute Gasteiger partial charge is 0.341 e. The van der Waals surface area contributed by atoms with Crippen LogP contribution in [0.1, 0.15) is 56.2 Å². The van der Waals surface area contributed by atoms with Crippen LogP contribution in [0, 0.1) is 6.92 Å². The van der Waals surface area contributed by atoms with Gasteiger partial charge in [-0.15, -0.1) is 10.2 Å². The van der Waals surface area contributed by atoms with Gasteiger partial charge in [-0.3, -0.25) is 9.36 Å². The molecule has 0 spiro atoms. The molecule has 150 valence electrons. The Kier molecular flexibility index (Phi) is 5.90. The van der Waals surface area contributed by atoms with Crippen molar-refractivity contribution < 1.29 is 4.79 Å². The van der Waals surface area contributed by atoms with Crippen molar-refractivity contribution in [2.75, 3.05) is 29.1 Å². The molecule has 1 aliphatic carbocycles. The Labute approximate surface area is 171 Å². The van der Waals surface area contributed by atoms with Gasteiger partial charge in [0.1, 0.15) is 0 Å². The molecule has 2 aromatic rings. The first-order valence-corrected chi connectivity index (χ1v) is 11.4. The van der Waals surface area contributed by atoms with Gasteiger partial charge in [0, 0.05) is 24.8 Å². The molecule has 2 fully saturated rings. The molecule has 2 aliphatic rings. The van der Waals surface area contributed by atoms with Gasteiger partial charge in [-0.05, 0) is 56.6 Å². The number of hydrogen-bond acceptors (Lipinski definition) is 5. The fourth-order valence-electron chi connectivity index (χ4n) is 3.84. The number of piperidine rings is 1. The molecule has 28 heavy (non-hydrogen) atoms. The highest BCUT2D eigenvalue weighted by Gasteiger charge is 2.32. The van der Waals surface area contributed by atoms with Gasteiger partial charge in [0.2, 0.25) is 11.9 Å². The van der Waals surface area contributed by atoms with Crippen molar-refractivity contribution in [3.63, 3.8) is 0 Å². The number of nitrogens with zero attached hydrogens (tertiary/aromatic N) is 4. The molecule has 0 radical (unpaired) electrons. The molecular weight excluding hydrogens is 370 g/mol. The second kappa shape index (κ2) is 8.55. The number of aromatic nitrogens is 3. The number of hydrogen-bond donors (Lipinski definition) is 1. The van der Waals surface area contributed by atoms with Crippen LogP contribution in [0.15, 0.2) is 23.4 Å². The topological polar surface area (TPSA) is 63.1 Å². The standard InChI is InChI=1S/C21H29N5OS/c1-3-16-9-7-8-15(2)19(16)22-18(27)14-28-21-24-23-20(26(21)17-10-11-17)25-12-5-4-6-13-25/h7-9,17H,3-6,10-14H2,1-2H3,(H,22,27). The summed E-state index contributed by atoms with van der Waals surface area (Å²) in [6.07, 6.45) is 7.01. The third-order valence-corrected chi connectivity index (χ3v) is 6.48. The Bertz CT molecular complexity index is 839. The highest BCUT2D eigenvalue weighted by atomic mass is 32.2. The number of carbonyl (C=O) groups excluding carboxylic acids is 1. The van der Waals surface area contributed by atoms with Gasteiger partial charge >= 0.3 is 0 Å². The highest BCUT2D eigenvalue weighted by molar-refractivity contribution is 7.99. The molecule has 6 nitrogen and oxygen atoms in total. The van der Waals surface area contributed by atoms with Gasteiger partial charge in [0.25, 0.3) is 0 Å². The second-order valence-corrected chi connectivity index (χ2v) is 8.67. The molecular formula is C21H29N5OS. The lowest BCUT2D eigenvalue weighted by molar-refractivity contribution is -0.113. The second-order valence-electron chi connectivity index (χ2n) is 7.73. The van der Waals surface area contributed by atoms with Crippen LogP contribution in [0.5, 0.6) is 0 Å². The Balaban J connectivity index is 1.44. The zero-order chi connectivity index (χ0) is 19.5. The number of rotatable bonds is 7. The summed E-state index contributed by atoms with van der Waals surface area (Å²) < 4.78 is 2.27. The van der Waals surface area contributed by atoms with E-state index in [2.05, 4.69) is 38.0 Å². The van der Waals surface area contributed by atoms with Crippen LogP contribution >= 0.6 is 11.8 Å². The molecule has 1 saturated heterocycles. The van der Waals surface area contributed by atoms with E-state index in [0.29, 0.717) is 11.8 Å². The van der Waals surface area contributed by atoms with E-state index in [9.17, 15) is 4.79 Å². The Morgan fingerprint density at radius 3 is 2.71 bits per heavy atom. The lowest BCUT2D eigenvalue weighted by Gasteiger charge is -2.27. The molecule has 7 heteroatoms. The molecule has 0 unspecified atom stereocenters. The number of nitrogens with one attached hydrogen (secondary N) is 1. The van der Waals surface area contributed by atoms with Crippen molar-refractivity contribution in [1.82, 2.24) is 14.8 Å². The number of anilines is 2. The van der Waals surface area contributed by atoms with Gasteiger partial charge in [0.05, 0.1) is 5.75 Å². The average Bonchev–Trinajstić information content (AvgIpc) is 3.47. The van der Waals surface area contributed by atoms with Crippen molar-refractivity contribution in [1.29, 1.82) is 0 Å². The van der Waals surface area contributed by atoms with E-state index < -0.39 is 0 Å². The summed E-state index contributed by atoms with van der Waals surface area (Å²) in [6.45, 7) is 6.27. The van der Waals surface area contributed by atoms with Crippen molar-refractivity contribution in [3.05, 3.63) is 29.3 Å². The van der Waals surface area contributed by atoms with Gasteiger partial charge in [0.15, 0.2) is 5.16 Å². The average molecular weight is 400 g/mol. The summed E-state index contributed by atoms with van der Waals surface area (Å²) in [6, 6.07) is 6.65. The molecule has 1 amide bonds. The third kappa shape index (κ3) is 4.19. The summed E-state index contributed by atoms with van der Waals surface area (Å²) >= 11 is 1.50. The molecule has 0 atom stereocenters. The van der Waals surface area contributed by atoms with E-state index in [1.807, 2.05) is 19.1 Å². The Morgan fingerprint density at radius 2 is 2.00 bits per heavy atom. The summed E-state index contributed by atoms with van der Waals surface area (Å²) in [5.74, 6) is 1.36. The molecule has 1 saturated carbocycles. The number of aryl methyl sites for hydroxylation is 2. The maximum atomic E-state index is 12.6. The minimum Gasteiger partial charge on any atom is -0.341 e.